The van der Waals surface area contributed by atoms with Gasteiger partial charge >= 0.3 is 0 Å². The van der Waals surface area contributed by atoms with E-state index in [1.54, 1.807) is 0 Å². The molecular weight excluding hydrogens is 240 g/mol. The van der Waals surface area contributed by atoms with E-state index in [-0.39, 0.29) is 5.41 Å². The molecule has 1 aromatic heterocycles. The molecule has 0 aromatic carbocycles. The van der Waals surface area contributed by atoms with Crippen LogP contribution in [0.25, 0.3) is 0 Å². The van der Waals surface area contributed by atoms with Gasteiger partial charge in [0, 0.05) is 11.1 Å². The molecule has 0 saturated carbocycles. The second-order valence-electron chi connectivity index (χ2n) is 4.51. The molecule has 0 spiro atoms. The van der Waals surface area contributed by atoms with Gasteiger partial charge in [-0.1, -0.05) is 34.1 Å². The zero-order chi connectivity index (χ0) is 10.8. The van der Waals surface area contributed by atoms with Gasteiger partial charge in [-0.15, -0.1) is 0 Å². The summed E-state index contributed by atoms with van der Waals surface area (Å²) in [5.41, 5.74) is 2.32. The van der Waals surface area contributed by atoms with Crippen LogP contribution in [0.3, 0.4) is 0 Å². The third kappa shape index (κ3) is 3.05. The molecule has 14 heavy (non-hydrogen) atoms. The standard InChI is InChI=1S/C11H17BrN2/c1-5-6-8-7-9(11(2,3)4)14-10(12)13-8/h7H,5-6H2,1-4H3. The largest absolute Gasteiger partial charge is 0.227 e. The molecule has 3 heteroatoms. The molecule has 2 nitrogen and oxygen atoms in total. The summed E-state index contributed by atoms with van der Waals surface area (Å²) in [6.45, 7) is 8.65. The van der Waals surface area contributed by atoms with Crippen molar-refractivity contribution in [3.05, 3.63) is 22.2 Å². The minimum absolute atomic E-state index is 0.0912. The minimum Gasteiger partial charge on any atom is -0.227 e. The lowest BCUT2D eigenvalue weighted by atomic mass is 9.91. The monoisotopic (exact) mass is 256 g/mol. The lowest BCUT2D eigenvalue weighted by molar-refractivity contribution is 0.562. The van der Waals surface area contributed by atoms with E-state index < -0.39 is 0 Å². The normalized spacial score (nSPS) is 11.8. The Morgan fingerprint density at radius 1 is 1.29 bits per heavy atom. The molecule has 0 radical (unpaired) electrons. The first kappa shape index (κ1) is 11.6. The SMILES string of the molecule is CCCc1cc(C(C)(C)C)nc(Br)n1. The highest BCUT2D eigenvalue weighted by molar-refractivity contribution is 9.10. The number of hydrogen-bond acceptors (Lipinski definition) is 2. The molecule has 0 bridgehead atoms. The maximum absolute atomic E-state index is 4.39. The van der Waals surface area contributed by atoms with Crippen molar-refractivity contribution in [3.8, 4) is 0 Å². The van der Waals surface area contributed by atoms with Crippen LogP contribution in [0, 0.1) is 0 Å². The van der Waals surface area contributed by atoms with Crippen LogP contribution in [0.4, 0.5) is 0 Å². The lowest BCUT2D eigenvalue weighted by Gasteiger charge is -2.18. The smallest absolute Gasteiger partial charge is 0.197 e. The first-order chi connectivity index (χ1) is 6.43. The molecular formula is C11H17BrN2. The number of aromatic nitrogens is 2. The molecule has 0 aliphatic rings. The van der Waals surface area contributed by atoms with Crippen LogP contribution in [0.2, 0.25) is 0 Å². The topological polar surface area (TPSA) is 25.8 Å². The molecule has 1 rings (SSSR count). The fourth-order valence-corrected chi connectivity index (χ4v) is 1.65. The van der Waals surface area contributed by atoms with Crippen LogP contribution in [0.1, 0.15) is 45.5 Å². The van der Waals surface area contributed by atoms with Crippen LogP contribution in [-0.2, 0) is 11.8 Å². The van der Waals surface area contributed by atoms with Crippen molar-refractivity contribution >= 4 is 15.9 Å². The summed E-state index contributed by atoms with van der Waals surface area (Å²) < 4.78 is 0.702. The van der Waals surface area contributed by atoms with Crippen molar-refractivity contribution in [3.63, 3.8) is 0 Å². The van der Waals surface area contributed by atoms with Gasteiger partial charge in [0.15, 0.2) is 4.73 Å². The molecule has 78 valence electrons. The summed E-state index contributed by atoms with van der Waals surface area (Å²) in [5, 5.41) is 0. The first-order valence-electron chi connectivity index (χ1n) is 4.97. The van der Waals surface area contributed by atoms with E-state index in [2.05, 4.69) is 59.7 Å². The number of rotatable bonds is 2. The molecule has 0 saturated heterocycles. The zero-order valence-electron chi connectivity index (χ0n) is 9.26. The van der Waals surface area contributed by atoms with E-state index in [1.165, 1.54) is 0 Å². The average molecular weight is 257 g/mol. The van der Waals surface area contributed by atoms with E-state index in [0.29, 0.717) is 4.73 Å². The Morgan fingerprint density at radius 3 is 2.43 bits per heavy atom. The Labute approximate surface area is 94.3 Å². The van der Waals surface area contributed by atoms with Gasteiger partial charge in [-0.3, -0.25) is 0 Å². The molecule has 1 heterocycles. The van der Waals surface area contributed by atoms with Crippen LogP contribution < -0.4 is 0 Å². The molecule has 0 fully saturated rings. The highest BCUT2D eigenvalue weighted by atomic mass is 79.9. The fourth-order valence-electron chi connectivity index (χ4n) is 1.23. The van der Waals surface area contributed by atoms with Crippen molar-refractivity contribution in [2.75, 3.05) is 0 Å². The summed E-state index contributed by atoms with van der Waals surface area (Å²) in [7, 11) is 0. The number of hydrogen-bond donors (Lipinski definition) is 0. The highest BCUT2D eigenvalue weighted by Crippen LogP contribution is 2.22. The number of nitrogens with zero attached hydrogens (tertiary/aromatic N) is 2. The quantitative estimate of drug-likeness (QED) is 0.758. The zero-order valence-corrected chi connectivity index (χ0v) is 10.8. The van der Waals surface area contributed by atoms with Gasteiger partial charge in [-0.2, -0.15) is 0 Å². The van der Waals surface area contributed by atoms with E-state index in [9.17, 15) is 0 Å². The molecule has 0 atom stereocenters. The average Bonchev–Trinajstić information content (AvgIpc) is 2.02. The Kier molecular flexibility index (Phi) is 3.65. The second-order valence-corrected chi connectivity index (χ2v) is 5.22. The van der Waals surface area contributed by atoms with Gasteiger partial charge in [0.25, 0.3) is 0 Å². The van der Waals surface area contributed by atoms with E-state index in [4.69, 9.17) is 0 Å². The van der Waals surface area contributed by atoms with Crippen LogP contribution >= 0.6 is 15.9 Å². The van der Waals surface area contributed by atoms with Crippen LogP contribution in [0.5, 0.6) is 0 Å². The molecule has 0 aliphatic carbocycles. The minimum atomic E-state index is 0.0912. The van der Waals surface area contributed by atoms with Crippen LogP contribution in [-0.4, -0.2) is 9.97 Å². The van der Waals surface area contributed by atoms with E-state index in [0.717, 1.165) is 24.2 Å². The third-order valence-corrected chi connectivity index (χ3v) is 2.38. The third-order valence-electron chi connectivity index (χ3n) is 2.03. The van der Waals surface area contributed by atoms with Gasteiger partial charge in [0.2, 0.25) is 0 Å². The van der Waals surface area contributed by atoms with Gasteiger partial charge < -0.3 is 0 Å². The number of halogens is 1. The van der Waals surface area contributed by atoms with Crippen molar-refractivity contribution in [2.45, 2.75) is 46.0 Å². The second kappa shape index (κ2) is 4.39. The predicted octanol–water partition coefficient (Wildman–Crippen LogP) is 3.49. The van der Waals surface area contributed by atoms with E-state index >= 15 is 0 Å². The Bertz CT molecular complexity index is 316. The van der Waals surface area contributed by atoms with Gasteiger partial charge in [-0.25, -0.2) is 9.97 Å². The van der Waals surface area contributed by atoms with Crippen molar-refractivity contribution in [2.24, 2.45) is 0 Å². The molecule has 0 N–H and O–H groups in total. The van der Waals surface area contributed by atoms with Gasteiger partial charge in [-0.05, 0) is 28.4 Å². The number of aryl methyl sites for hydroxylation is 1. The summed E-state index contributed by atoms with van der Waals surface area (Å²) in [6, 6.07) is 2.11. The maximum atomic E-state index is 4.39. The first-order valence-corrected chi connectivity index (χ1v) is 5.76. The Hall–Kier alpha value is -0.440. The summed E-state index contributed by atoms with van der Waals surface area (Å²) in [6.07, 6.45) is 2.14. The summed E-state index contributed by atoms with van der Waals surface area (Å²) >= 11 is 3.35. The Morgan fingerprint density at radius 2 is 1.93 bits per heavy atom. The molecule has 0 unspecified atom stereocenters. The summed E-state index contributed by atoms with van der Waals surface area (Å²) in [5.74, 6) is 0. The highest BCUT2D eigenvalue weighted by Gasteiger charge is 2.17. The lowest BCUT2D eigenvalue weighted by Crippen LogP contribution is -2.15. The Balaban J connectivity index is 3.07. The molecule has 0 amide bonds. The van der Waals surface area contributed by atoms with Gasteiger partial charge in [0.1, 0.15) is 0 Å². The van der Waals surface area contributed by atoms with Crippen molar-refractivity contribution < 1.29 is 0 Å². The predicted molar refractivity (Wildman–Crippen MR) is 62.4 cm³/mol. The van der Waals surface area contributed by atoms with Gasteiger partial charge in [0.05, 0.1) is 5.69 Å². The van der Waals surface area contributed by atoms with E-state index in [1.807, 2.05) is 0 Å². The molecule has 1 aromatic rings. The van der Waals surface area contributed by atoms with Crippen LogP contribution in [0.15, 0.2) is 10.8 Å². The maximum Gasteiger partial charge on any atom is 0.197 e. The van der Waals surface area contributed by atoms with Crippen molar-refractivity contribution in [1.29, 1.82) is 0 Å². The fraction of sp³-hybridized carbons (Fsp3) is 0.636. The molecule has 0 aliphatic heterocycles. The van der Waals surface area contributed by atoms with Crippen molar-refractivity contribution in [1.82, 2.24) is 9.97 Å². The summed E-state index contributed by atoms with van der Waals surface area (Å²) in [4.78, 5) is 8.74.